The number of carbonyl (C=O) groups is 2. The van der Waals surface area contributed by atoms with E-state index in [4.69, 9.17) is 28.9 Å². The third-order valence-corrected chi connectivity index (χ3v) is 2.61. The summed E-state index contributed by atoms with van der Waals surface area (Å²) in [7, 11) is 0. The highest BCUT2D eigenvalue weighted by molar-refractivity contribution is 6.73. The number of hydrogen-bond acceptors (Lipinski definition) is 3. The molecule has 0 saturated carbocycles. The van der Waals surface area contributed by atoms with Crippen molar-refractivity contribution in [2.24, 2.45) is 11.7 Å². The first-order chi connectivity index (χ1) is 7.99. The summed E-state index contributed by atoms with van der Waals surface area (Å²) in [5, 5.41) is -1.44. The van der Waals surface area contributed by atoms with Crippen LogP contribution in [0.3, 0.4) is 0 Å². The first-order valence-electron chi connectivity index (χ1n) is 5.11. The lowest BCUT2D eigenvalue weighted by Crippen LogP contribution is -2.10. The number of hydrogen-bond donors (Lipinski definition) is 1. The zero-order chi connectivity index (χ0) is 13.3. The van der Waals surface area contributed by atoms with E-state index in [1.54, 1.807) is 0 Å². The van der Waals surface area contributed by atoms with E-state index >= 15 is 0 Å². The molecule has 2 N–H and O–H groups in total. The van der Waals surface area contributed by atoms with Crippen LogP contribution in [0.2, 0.25) is 0 Å². The second-order valence-electron chi connectivity index (χ2n) is 3.35. The van der Waals surface area contributed by atoms with E-state index < -0.39 is 16.4 Å². The molecule has 0 amide bonds. The Morgan fingerprint density at radius 1 is 1.18 bits per heavy atom. The van der Waals surface area contributed by atoms with Crippen molar-refractivity contribution in [2.75, 3.05) is 6.54 Å². The van der Waals surface area contributed by atoms with Crippen molar-refractivity contribution in [3.8, 4) is 0 Å². The van der Waals surface area contributed by atoms with Crippen molar-refractivity contribution in [3.05, 3.63) is 35.9 Å². The minimum Gasteiger partial charge on any atom is -0.330 e. The average molecular weight is 276 g/mol. The van der Waals surface area contributed by atoms with Crippen molar-refractivity contribution in [3.63, 3.8) is 0 Å². The van der Waals surface area contributed by atoms with Gasteiger partial charge in [-0.15, -0.1) is 0 Å². The second kappa shape index (κ2) is 9.16. The van der Waals surface area contributed by atoms with Crippen LogP contribution >= 0.6 is 23.2 Å². The molecule has 5 heteroatoms. The standard InChI is InChI=1S/C8H11N.C4H4Cl2O2/c9-7-6-8-4-2-1-3-5-8;1-2(3(5)7)4(6)8/h1-5H,6-7,9H2;2H,1H3. The Morgan fingerprint density at radius 2 is 1.65 bits per heavy atom. The molecule has 0 saturated heterocycles. The minimum absolute atomic E-state index is 0.718. The number of halogens is 2. The number of benzene rings is 1. The molecule has 0 radical (unpaired) electrons. The molecule has 1 rings (SSSR count). The highest BCUT2D eigenvalue weighted by Gasteiger charge is 2.15. The summed E-state index contributed by atoms with van der Waals surface area (Å²) in [6.45, 7) is 2.09. The van der Waals surface area contributed by atoms with Crippen LogP contribution in [0.5, 0.6) is 0 Å². The molecule has 94 valence electrons. The maximum atomic E-state index is 10.0. The van der Waals surface area contributed by atoms with Gasteiger partial charge in [0.1, 0.15) is 5.92 Å². The summed E-state index contributed by atoms with van der Waals surface area (Å²) >= 11 is 9.76. The largest absolute Gasteiger partial charge is 0.330 e. The lowest BCUT2D eigenvalue weighted by Gasteiger charge is -1.93. The molecule has 0 aromatic heterocycles. The van der Waals surface area contributed by atoms with E-state index in [1.807, 2.05) is 18.2 Å². The molecule has 1 aromatic rings. The smallest absolute Gasteiger partial charge is 0.233 e. The van der Waals surface area contributed by atoms with E-state index in [9.17, 15) is 9.59 Å². The molecule has 0 aliphatic carbocycles. The van der Waals surface area contributed by atoms with Gasteiger partial charge in [0.15, 0.2) is 0 Å². The SMILES string of the molecule is CC(C(=O)Cl)C(=O)Cl.NCCc1ccccc1. The van der Waals surface area contributed by atoms with Crippen LogP contribution in [0.25, 0.3) is 0 Å². The summed E-state index contributed by atoms with van der Waals surface area (Å²) in [5.74, 6) is -0.877. The van der Waals surface area contributed by atoms with Crippen LogP contribution in [0.1, 0.15) is 12.5 Å². The molecule has 0 fully saturated rings. The Hall–Kier alpha value is -0.900. The number of nitrogens with two attached hydrogens (primary N) is 1. The lowest BCUT2D eigenvalue weighted by atomic mass is 10.2. The summed E-state index contributed by atoms with van der Waals surface area (Å²) in [6.07, 6.45) is 0.987. The normalized spacial score (nSPS) is 9.47. The van der Waals surface area contributed by atoms with Gasteiger partial charge in [0.25, 0.3) is 0 Å². The molecular weight excluding hydrogens is 261 g/mol. The van der Waals surface area contributed by atoms with E-state index in [1.165, 1.54) is 12.5 Å². The highest BCUT2D eigenvalue weighted by Crippen LogP contribution is 2.03. The third-order valence-electron chi connectivity index (χ3n) is 1.96. The van der Waals surface area contributed by atoms with Gasteiger partial charge in [0, 0.05) is 0 Å². The molecule has 3 nitrogen and oxygen atoms in total. The van der Waals surface area contributed by atoms with Crippen LogP contribution in [-0.4, -0.2) is 17.0 Å². The van der Waals surface area contributed by atoms with Gasteiger partial charge < -0.3 is 5.73 Å². The molecule has 17 heavy (non-hydrogen) atoms. The van der Waals surface area contributed by atoms with Gasteiger partial charge in [-0.2, -0.15) is 0 Å². The second-order valence-corrected chi connectivity index (χ2v) is 4.10. The summed E-state index contributed by atoms with van der Waals surface area (Å²) in [6, 6.07) is 10.3. The van der Waals surface area contributed by atoms with Crippen molar-refractivity contribution in [2.45, 2.75) is 13.3 Å². The van der Waals surface area contributed by atoms with Gasteiger partial charge in [-0.3, -0.25) is 9.59 Å². The monoisotopic (exact) mass is 275 g/mol. The van der Waals surface area contributed by atoms with E-state index in [0.29, 0.717) is 0 Å². The zero-order valence-electron chi connectivity index (χ0n) is 9.53. The Kier molecular flexibility index (Phi) is 8.68. The van der Waals surface area contributed by atoms with Crippen molar-refractivity contribution < 1.29 is 9.59 Å². The number of rotatable bonds is 4. The van der Waals surface area contributed by atoms with Crippen LogP contribution in [0, 0.1) is 5.92 Å². The molecule has 0 heterocycles. The van der Waals surface area contributed by atoms with Crippen molar-refractivity contribution >= 4 is 33.7 Å². The summed E-state index contributed by atoms with van der Waals surface area (Å²) in [4.78, 5) is 20.1. The fourth-order valence-electron chi connectivity index (χ4n) is 0.901. The first kappa shape index (κ1) is 16.1. The quantitative estimate of drug-likeness (QED) is 0.678. The maximum Gasteiger partial charge on any atom is 0.233 e. The van der Waals surface area contributed by atoms with E-state index in [-0.39, 0.29) is 0 Å². The predicted octanol–water partition coefficient (Wildman–Crippen LogP) is 2.34. The molecule has 0 atom stereocenters. The van der Waals surface area contributed by atoms with E-state index in [0.717, 1.165) is 13.0 Å². The van der Waals surface area contributed by atoms with Gasteiger partial charge in [-0.25, -0.2) is 0 Å². The van der Waals surface area contributed by atoms with Gasteiger partial charge >= 0.3 is 0 Å². The fraction of sp³-hybridized carbons (Fsp3) is 0.333. The summed E-state index contributed by atoms with van der Waals surface area (Å²) in [5.41, 5.74) is 6.68. The minimum atomic E-state index is -0.877. The van der Waals surface area contributed by atoms with E-state index in [2.05, 4.69) is 12.1 Å². The van der Waals surface area contributed by atoms with Crippen LogP contribution in [0.4, 0.5) is 0 Å². The molecule has 1 aromatic carbocycles. The Labute approximate surface area is 111 Å². The average Bonchev–Trinajstić information content (AvgIpc) is 2.30. The van der Waals surface area contributed by atoms with Crippen molar-refractivity contribution in [1.29, 1.82) is 0 Å². The van der Waals surface area contributed by atoms with Crippen molar-refractivity contribution in [1.82, 2.24) is 0 Å². The third kappa shape index (κ3) is 7.91. The molecule has 0 spiro atoms. The lowest BCUT2D eigenvalue weighted by molar-refractivity contribution is -0.123. The molecule has 0 unspecified atom stereocenters. The Bertz CT molecular complexity index is 341. The Balaban J connectivity index is 0.000000304. The predicted molar refractivity (Wildman–Crippen MR) is 70.1 cm³/mol. The zero-order valence-corrected chi connectivity index (χ0v) is 11.0. The van der Waals surface area contributed by atoms with Crippen LogP contribution in [-0.2, 0) is 16.0 Å². The van der Waals surface area contributed by atoms with Gasteiger partial charge in [0.05, 0.1) is 0 Å². The van der Waals surface area contributed by atoms with Crippen LogP contribution < -0.4 is 5.73 Å². The Morgan fingerprint density at radius 3 is 1.94 bits per heavy atom. The summed E-state index contributed by atoms with van der Waals surface area (Å²) < 4.78 is 0. The van der Waals surface area contributed by atoms with Gasteiger partial charge in [-0.05, 0) is 48.7 Å². The van der Waals surface area contributed by atoms with Crippen LogP contribution in [0.15, 0.2) is 30.3 Å². The number of carbonyl (C=O) groups excluding carboxylic acids is 2. The molecule has 0 aliphatic rings. The van der Waals surface area contributed by atoms with Gasteiger partial charge in [0.2, 0.25) is 10.5 Å². The first-order valence-corrected chi connectivity index (χ1v) is 5.87. The molecule has 0 bridgehead atoms. The highest BCUT2D eigenvalue weighted by atomic mass is 35.5. The fourth-order valence-corrected chi connectivity index (χ4v) is 1.15. The van der Waals surface area contributed by atoms with Gasteiger partial charge in [-0.1, -0.05) is 30.3 Å². The maximum absolute atomic E-state index is 10.0. The molecule has 0 aliphatic heterocycles. The topological polar surface area (TPSA) is 60.2 Å². The molecular formula is C12H15Cl2NO2.